The van der Waals surface area contributed by atoms with Crippen LogP contribution in [0, 0.1) is 0 Å². The largest absolute Gasteiger partial charge is 0.466 e. The third kappa shape index (κ3) is 1.92. The molecule has 1 fully saturated rings. The van der Waals surface area contributed by atoms with Crippen LogP contribution in [-0.4, -0.2) is 30.6 Å². The number of anilines is 1. The topological polar surface area (TPSA) is 55.6 Å². The maximum absolute atomic E-state index is 10.3. The fourth-order valence-corrected chi connectivity index (χ4v) is 2.39. The van der Waals surface area contributed by atoms with E-state index in [0.717, 1.165) is 30.5 Å². The Morgan fingerprint density at radius 3 is 3.22 bits per heavy atom. The summed E-state index contributed by atoms with van der Waals surface area (Å²) in [6, 6.07) is 8.48. The highest BCUT2D eigenvalue weighted by molar-refractivity contribution is 5.74. The highest BCUT2D eigenvalue weighted by Gasteiger charge is 2.28. The number of hydrogen-bond acceptors (Lipinski definition) is 5. The van der Waals surface area contributed by atoms with Gasteiger partial charge < -0.3 is 14.1 Å². The molecule has 1 aromatic carbocycles. The van der Waals surface area contributed by atoms with Gasteiger partial charge in [-0.25, -0.2) is 0 Å². The van der Waals surface area contributed by atoms with Gasteiger partial charge in [0.25, 0.3) is 12.5 Å². The van der Waals surface area contributed by atoms with E-state index in [2.05, 4.69) is 9.88 Å². The van der Waals surface area contributed by atoms with Crippen molar-refractivity contribution in [1.29, 1.82) is 0 Å². The predicted molar refractivity (Wildman–Crippen MR) is 66.4 cm³/mol. The number of carbonyl (C=O) groups excluding carboxylic acids is 1. The first-order valence-corrected chi connectivity index (χ1v) is 6.06. The molecule has 1 saturated heterocycles. The van der Waals surface area contributed by atoms with Crippen LogP contribution in [0.4, 0.5) is 6.01 Å². The van der Waals surface area contributed by atoms with Gasteiger partial charge in [-0.3, -0.25) is 4.79 Å². The number of hydrogen-bond donors (Lipinski definition) is 0. The maximum atomic E-state index is 10.3. The van der Waals surface area contributed by atoms with E-state index in [1.165, 1.54) is 0 Å². The lowest BCUT2D eigenvalue weighted by molar-refractivity contribution is -0.129. The molecule has 2 aromatic rings. The second-order valence-electron chi connectivity index (χ2n) is 4.38. The summed E-state index contributed by atoms with van der Waals surface area (Å²) in [6.07, 6.45) is 2.05. The van der Waals surface area contributed by atoms with Crippen molar-refractivity contribution in [2.24, 2.45) is 0 Å². The lowest BCUT2D eigenvalue weighted by Gasteiger charge is -2.21. The molecule has 5 nitrogen and oxygen atoms in total. The van der Waals surface area contributed by atoms with Crippen molar-refractivity contribution in [2.45, 2.75) is 18.9 Å². The molecular formula is C13H14N2O3. The van der Waals surface area contributed by atoms with Gasteiger partial charge in [-0.2, -0.15) is 4.98 Å². The van der Waals surface area contributed by atoms with Crippen molar-refractivity contribution < 1.29 is 13.9 Å². The van der Waals surface area contributed by atoms with Gasteiger partial charge in [0.1, 0.15) is 12.1 Å². The van der Waals surface area contributed by atoms with E-state index in [-0.39, 0.29) is 6.04 Å². The Morgan fingerprint density at radius 2 is 2.39 bits per heavy atom. The summed E-state index contributed by atoms with van der Waals surface area (Å²) < 4.78 is 10.6. The molecule has 0 aliphatic carbocycles. The van der Waals surface area contributed by atoms with Crippen molar-refractivity contribution in [3.8, 4) is 0 Å². The summed E-state index contributed by atoms with van der Waals surface area (Å²) in [7, 11) is 0. The Morgan fingerprint density at radius 1 is 1.50 bits per heavy atom. The first-order chi connectivity index (χ1) is 8.88. The molecule has 0 radical (unpaired) electrons. The van der Waals surface area contributed by atoms with E-state index < -0.39 is 0 Å². The van der Waals surface area contributed by atoms with Crippen molar-refractivity contribution in [1.82, 2.24) is 4.98 Å². The number of benzene rings is 1. The molecule has 3 rings (SSSR count). The van der Waals surface area contributed by atoms with Gasteiger partial charge in [0.2, 0.25) is 0 Å². The highest BCUT2D eigenvalue weighted by atomic mass is 16.5. The molecule has 5 heteroatoms. The van der Waals surface area contributed by atoms with Crippen LogP contribution in [0.5, 0.6) is 0 Å². The summed E-state index contributed by atoms with van der Waals surface area (Å²) >= 11 is 0. The number of oxazole rings is 1. The number of rotatable bonds is 4. The number of para-hydroxylation sites is 2. The van der Waals surface area contributed by atoms with Crippen molar-refractivity contribution >= 4 is 23.6 Å². The number of carbonyl (C=O) groups is 1. The van der Waals surface area contributed by atoms with E-state index >= 15 is 0 Å². The molecule has 0 amide bonds. The molecule has 1 atom stereocenters. The summed E-state index contributed by atoms with van der Waals surface area (Å²) in [5, 5.41) is 0. The fraction of sp³-hybridized carbons (Fsp3) is 0.385. The summed E-state index contributed by atoms with van der Waals surface area (Å²) in [5.74, 6) is 0. The van der Waals surface area contributed by atoms with Crippen LogP contribution in [0.1, 0.15) is 12.8 Å². The molecule has 1 aliphatic heterocycles. The van der Waals surface area contributed by atoms with E-state index in [4.69, 9.17) is 9.15 Å². The smallest absolute Gasteiger partial charge is 0.298 e. The Kier molecular flexibility index (Phi) is 2.88. The van der Waals surface area contributed by atoms with Crippen LogP contribution in [0.15, 0.2) is 28.7 Å². The quantitative estimate of drug-likeness (QED) is 0.772. The van der Waals surface area contributed by atoms with Crippen LogP contribution in [0.2, 0.25) is 0 Å². The zero-order valence-electron chi connectivity index (χ0n) is 9.91. The summed E-state index contributed by atoms with van der Waals surface area (Å²) in [4.78, 5) is 16.8. The molecule has 2 heterocycles. The molecule has 1 aliphatic rings. The first-order valence-electron chi connectivity index (χ1n) is 6.06. The Bertz CT molecular complexity index is 519. The third-order valence-corrected chi connectivity index (χ3v) is 3.26. The van der Waals surface area contributed by atoms with Crippen LogP contribution in [0.25, 0.3) is 11.1 Å². The van der Waals surface area contributed by atoms with Crippen LogP contribution in [-0.2, 0) is 9.53 Å². The van der Waals surface area contributed by atoms with E-state index in [1.807, 2.05) is 24.3 Å². The highest BCUT2D eigenvalue weighted by Crippen LogP contribution is 2.28. The van der Waals surface area contributed by atoms with E-state index in [9.17, 15) is 4.79 Å². The minimum Gasteiger partial charge on any atom is -0.466 e. The summed E-state index contributed by atoms with van der Waals surface area (Å²) in [5.41, 5.74) is 1.64. The molecule has 0 spiro atoms. The van der Waals surface area contributed by atoms with Gasteiger partial charge in [-0.05, 0) is 25.0 Å². The third-order valence-electron chi connectivity index (χ3n) is 3.26. The number of aromatic nitrogens is 1. The summed E-state index contributed by atoms with van der Waals surface area (Å²) in [6.45, 7) is 1.77. The van der Waals surface area contributed by atoms with Gasteiger partial charge in [0, 0.05) is 6.54 Å². The minimum atomic E-state index is 0.170. The lowest BCUT2D eigenvalue weighted by Crippen LogP contribution is -2.33. The number of nitrogens with zero attached hydrogens (tertiary/aromatic N) is 2. The van der Waals surface area contributed by atoms with E-state index in [0.29, 0.717) is 19.1 Å². The Labute approximate surface area is 104 Å². The zero-order valence-corrected chi connectivity index (χ0v) is 9.91. The van der Waals surface area contributed by atoms with Crippen molar-refractivity contribution in [3.63, 3.8) is 0 Å². The second-order valence-corrected chi connectivity index (χ2v) is 4.38. The van der Waals surface area contributed by atoms with Gasteiger partial charge in [0.15, 0.2) is 5.58 Å². The molecule has 0 bridgehead atoms. The molecule has 0 N–H and O–H groups in total. The van der Waals surface area contributed by atoms with Gasteiger partial charge in [-0.1, -0.05) is 12.1 Å². The standard InChI is InChI=1S/C13H14N2O3/c16-9-17-8-10-4-3-7-15(10)13-14-11-5-1-2-6-12(11)18-13/h1-2,5-6,9-10H,3-4,7-8H2. The van der Waals surface area contributed by atoms with Crippen LogP contribution in [0.3, 0.4) is 0 Å². The van der Waals surface area contributed by atoms with Gasteiger partial charge in [0.05, 0.1) is 6.04 Å². The normalized spacial score (nSPS) is 19.3. The van der Waals surface area contributed by atoms with Crippen LogP contribution < -0.4 is 4.90 Å². The minimum absolute atomic E-state index is 0.170. The average molecular weight is 246 g/mol. The Hall–Kier alpha value is -2.04. The van der Waals surface area contributed by atoms with Crippen LogP contribution >= 0.6 is 0 Å². The molecular weight excluding hydrogens is 232 g/mol. The SMILES string of the molecule is O=COCC1CCCN1c1nc2ccccc2o1. The van der Waals surface area contributed by atoms with Crippen molar-refractivity contribution in [2.75, 3.05) is 18.1 Å². The molecule has 1 aromatic heterocycles. The molecule has 94 valence electrons. The zero-order chi connectivity index (χ0) is 12.4. The molecule has 18 heavy (non-hydrogen) atoms. The Balaban J connectivity index is 1.86. The average Bonchev–Trinajstić information content (AvgIpc) is 3.01. The predicted octanol–water partition coefficient (Wildman–Crippen LogP) is 1.97. The molecule has 1 unspecified atom stereocenters. The number of ether oxygens (including phenoxy) is 1. The maximum Gasteiger partial charge on any atom is 0.298 e. The number of fused-ring (bicyclic) bond motifs is 1. The van der Waals surface area contributed by atoms with E-state index in [1.54, 1.807) is 0 Å². The monoisotopic (exact) mass is 246 g/mol. The second kappa shape index (κ2) is 4.68. The lowest BCUT2D eigenvalue weighted by atomic mass is 10.2. The van der Waals surface area contributed by atoms with Crippen molar-refractivity contribution in [3.05, 3.63) is 24.3 Å². The fourth-order valence-electron chi connectivity index (χ4n) is 2.39. The van der Waals surface area contributed by atoms with Gasteiger partial charge in [-0.15, -0.1) is 0 Å². The van der Waals surface area contributed by atoms with Gasteiger partial charge >= 0.3 is 0 Å². The first kappa shape index (κ1) is 11.1. The molecule has 0 saturated carbocycles.